The van der Waals surface area contributed by atoms with Gasteiger partial charge in [0.25, 0.3) is 0 Å². The Morgan fingerprint density at radius 1 is 0.862 bits per heavy atom. The minimum Gasteiger partial charge on any atom is -0.460 e. The van der Waals surface area contributed by atoms with Crippen LogP contribution in [0.25, 0.3) is 0 Å². The highest BCUT2D eigenvalue weighted by Gasteiger charge is 2.48. The average Bonchev–Trinajstić information content (AvgIpc) is 2.76. The van der Waals surface area contributed by atoms with Gasteiger partial charge in [-0.25, -0.2) is 0 Å². The van der Waals surface area contributed by atoms with Gasteiger partial charge in [-0.3, -0.25) is 14.4 Å². The van der Waals surface area contributed by atoms with Gasteiger partial charge < -0.3 is 9.47 Å². The summed E-state index contributed by atoms with van der Waals surface area (Å²) in [6.07, 6.45) is 2.76. The monoisotopic (exact) mass is 392 g/mol. The second-order valence-electron chi connectivity index (χ2n) is 7.23. The number of rotatable bonds is 7. The van der Waals surface area contributed by atoms with Crippen LogP contribution in [-0.2, 0) is 37.1 Å². The third-order valence-corrected chi connectivity index (χ3v) is 5.09. The Balaban J connectivity index is 1.78. The number of carbonyl (C=O) groups excluding carboxylic acids is 3. The van der Waals surface area contributed by atoms with E-state index in [1.165, 1.54) is 6.92 Å². The van der Waals surface area contributed by atoms with E-state index in [2.05, 4.69) is 0 Å². The van der Waals surface area contributed by atoms with Gasteiger partial charge in [0.1, 0.15) is 19.0 Å². The molecule has 0 unspecified atom stereocenters. The van der Waals surface area contributed by atoms with Crippen molar-refractivity contribution in [3.05, 3.63) is 83.4 Å². The highest BCUT2D eigenvalue weighted by atomic mass is 16.6. The highest BCUT2D eigenvalue weighted by Crippen LogP contribution is 2.36. The molecule has 5 heteroatoms. The molecule has 0 N–H and O–H groups in total. The van der Waals surface area contributed by atoms with Crippen LogP contribution in [-0.4, -0.2) is 17.7 Å². The van der Waals surface area contributed by atoms with Crippen LogP contribution < -0.4 is 0 Å². The van der Waals surface area contributed by atoms with Gasteiger partial charge in [0.15, 0.2) is 5.41 Å². The molecule has 0 saturated carbocycles. The molecule has 1 aliphatic rings. The Kier molecular flexibility index (Phi) is 6.60. The first-order valence-electron chi connectivity index (χ1n) is 9.63. The van der Waals surface area contributed by atoms with Crippen LogP contribution >= 0.6 is 0 Å². The lowest BCUT2D eigenvalue weighted by atomic mass is 9.76. The molecule has 150 valence electrons. The summed E-state index contributed by atoms with van der Waals surface area (Å²) >= 11 is 0. The van der Waals surface area contributed by atoms with E-state index < -0.39 is 17.4 Å². The van der Waals surface area contributed by atoms with E-state index in [1.807, 2.05) is 60.7 Å². The molecule has 0 spiro atoms. The number of benzene rings is 2. The van der Waals surface area contributed by atoms with Gasteiger partial charge in [-0.15, -0.1) is 0 Å². The van der Waals surface area contributed by atoms with Crippen molar-refractivity contribution in [3.63, 3.8) is 0 Å². The van der Waals surface area contributed by atoms with E-state index in [-0.39, 0.29) is 25.4 Å². The third kappa shape index (κ3) is 4.99. The predicted octanol–water partition coefficient (Wildman–Crippen LogP) is 4.16. The molecule has 0 aliphatic heterocycles. The Morgan fingerprint density at radius 2 is 1.34 bits per heavy atom. The minimum atomic E-state index is -1.65. The number of hydrogen-bond donors (Lipinski definition) is 0. The predicted molar refractivity (Wildman–Crippen MR) is 108 cm³/mol. The highest BCUT2D eigenvalue weighted by molar-refractivity contribution is 6.04. The molecule has 3 rings (SSSR count). The van der Waals surface area contributed by atoms with Crippen molar-refractivity contribution in [2.45, 2.75) is 39.4 Å². The lowest BCUT2D eigenvalue weighted by Crippen LogP contribution is -2.42. The summed E-state index contributed by atoms with van der Waals surface area (Å²) < 4.78 is 10.9. The summed E-state index contributed by atoms with van der Waals surface area (Å²) in [6.45, 7) is 1.57. The lowest BCUT2D eigenvalue weighted by Gasteiger charge is -2.29. The maximum absolute atomic E-state index is 13.0. The van der Waals surface area contributed by atoms with Gasteiger partial charge in [0.2, 0.25) is 0 Å². The summed E-state index contributed by atoms with van der Waals surface area (Å²) in [5, 5.41) is 0. The summed E-state index contributed by atoms with van der Waals surface area (Å²) in [7, 11) is 0. The van der Waals surface area contributed by atoms with Crippen LogP contribution in [0.4, 0.5) is 0 Å². The summed E-state index contributed by atoms with van der Waals surface area (Å²) in [5.74, 6) is -1.42. The number of Topliss-reactive ketones (excluding diaryl/α,β-unsaturated/α-hetero) is 1. The lowest BCUT2D eigenvalue weighted by molar-refractivity contribution is -0.170. The van der Waals surface area contributed by atoms with E-state index >= 15 is 0 Å². The van der Waals surface area contributed by atoms with E-state index in [9.17, 15) is 14.4 Å². The zero-order valence-corrected chi connectivity index (χ0v) is 16.4. The number of esters is 2. The molecule has 2 aromatic rings. The quantitative estimate of drug-likeness (QED) is 0.402. The topological polar surface area (TPSA) is 69.7 Å². The fourth-order valence-electron chi connectivity index (χ4n) is 3.24. The third-order valence-electron chi connectivity index (χ3n) is 5.09. The van der Waals surface area contributed by atoms with Crippen molar-refractivity contribution in [3.8, 4) is 0 Å². The van der Waals surface area contributed by atoms with Crippen molar-refractivity contribution in [1.29, 1.82) is 0 Å². The van der Waals surface area contributed by atoms with Crippen molar-refractivity contribution in [2.75, 3.05) is 0 Å². The second kappa shape index (κ2) is 9.32. The number of ketones is 1. The smallest absolute Gasteiger partial charge is 0.327 e. The number of ether oxygens (including phenoxy) is 2. The number of hydrogen-bond acceptors (Lipinski definition) is 5. The Bertz CT molecular complexity index is 844. The molecule has 0 heterocycles. The first-order chi connectivity index (χ1) is 14.0. The summed E-state index contributed by atoms with van der Waals surface area (Å²) in [5.41, 5.74) is 0.425. The normalized spacial score (nSPS) is 14.1. The standard InChI is InChI=1S/C24H24O5/c1-24(20-13-8-14-21(25)15-20,22(26)28-16-18-9-4-2-5-10-18)23(27)29-17-19-11-6-3-7-12-19/h2-7,9-13H,8,14-17H2,1H3. The number of allylic oxidation sites excluding steroid dienone is 1. The first kappa shape index (κ1) is 20.5. The molecule has 1 aliphatic carbocycles. The molecular weight excluding hydrogens is 368 g/mol. The van der Waals surface area contributed by atoms with Crippen molar-refractivity contribution in [2.24, 2.45) is 5.41 Å². The van der Waals surface area contributed by atoms with Crippen LogP contribution in [0, 0.1) is 5.41 Å². The summed E-state index contributed by atoms with van der Waals surface area (Å²) in [4.78, 5) is 38.0. The first-order valence-corrected chi connectivity index (χ1v) is 9.63. The van der Waals surface area contributed by atoms with Crippen LogP contribution in [0.1, 0.15) is 37.3 Å². The molecule has 0 bridgehead atoms. The van der Waals surface area contributed by atoms with Gasteiger partial charge in [-0.05, 0) is 30.0 Å². The van der Waals surface area contributed by atoms with E-state index in [1.54, 1.807) is 6.08 Å². The molecule has 5 nitrogen and oxygen atoms in total. The van der Waals surface area contributed by atoms with Gasteiger partial charge in [-0.2, -0.15) is 0 Å². The molecule has 0 amide bonds. The zero-order chi connectivity index (χ0) is 20.7. The van der Waals surface area contributed by atoms with E-state index in [4.69, 9.17) is 9.47 Å². The van der Waals surface area contributed by atoms with Gasteiger partial charge >= 0.3 is 11.9 Å². The minimum absolute atomic E-state index is 0.000411. The Labute approximate surface area is 170 Å². The van der Waals surface area contributed by atoms with Gasteiger partial charge in [0.05, 0.1) is 0 Å². The van der Waals surface area contributed by atoms with Crippen molar-refractivity contribution in [1.82, 2.24) is 0 Å². The van der Waals surface area contributed by atoms with Crippen LogP contribution in [0.3, 0.4) is 0 Å². The van der Waals surface area contributed by atoms with Crippen LogP contribution in [0.5, 0.6) is 0 Å². The van der Waals surface area contributed by atoms with Crippen LogP contribution in [0.15, 0.2) is 72.3 Å². The van der Waals surface area contributed by atoms with E-state index in [0.717, 1.165) is 11.1 Å². The molecular formula is C24H24O5. The SMILES string of the molecule is CC(C(=O)OCc1ccccc1)(C(=O)OCc1ccccc1)C1=CCCC(=O)C1. The Morgan fingerprint density at radius 3 is 1.79 bits per heavy atom. The fraction of sp³-hybridized carbons (Fsp3) is 0.292. The van der Waals surface area contributed by atoms with Crippen molar-refractivity contribution < 1.29 is 23.9 Å². The fourth-order valence-corrected chi connectivity index (χ4v) is 3.24. The van der Waals surface area contributed by atoms with Crippen molar-refractivity contribution >= 4 is 17.7 Å². The zero-order valence-electron chi connectivity index (χ0n) is 16.4. The maximum atomic E-state index is 13.0. The van der Waals surface area contributed by atoms with E-state index in [0.29, 0.717) is 18.4 Å². The average molecular weight is 392 g/mol. The Hall–Kier alpha value is -3.21. The van der Waals surface area contributed by atoms with Crippen LogP contribution in [0.2, 0.25) is 0 Å². The second-order valence-corrected chi connectivity index (χ2v) is 7.23. The molecule has 0 atom stereocenters. The molecule has 0 aromatic heterocycles. The molecule has 0 fully saturated rings. The summed E-state index contributed by atoms with van der Waals surface area (Å²) in [6, 6.07) is 18.5. The number of carbonyl (C=O) groups is 3. The van der Waals surface area contributed by atoms with Gasteiger partial charge in [0, 0.05) is 12.8 Å². The molecule has 29 heavy (non-hydrogen) atoms. The molecule has 0 radical (unpaired) electrons. The van der Waals surface area contributed by atoms with Gasteiger partial charge in [-0.1, -0.05) is 66.7 Å². The largest absolute Gasteiger partial charge is 0.460 e. The molecule has 0 saturated heterocycles. The maximum Gasteiger partial charge on any atom is 0.327 e. The molecule has 2 aromatic carbocycles.